The highest BCUT2D eigenvalue weighted by Gasteiger charge is 2.03. The molecule has 1 heterocycles. The van der Waals surface area contributed by atoms with Gasteiger partial charge in [-0.1, -0.05) is 17.3 Å². The molecule has 0 saturated carbocycles. The van der Waals surface area contributed by atoms with Gasteiger partial charge in [0, 0.05) is 23.4 Å². The van der Waals surface area contributed by atoms with Crippen molar-refractivity contribution in [1.82, 2.24) is 15.0 Å². The van der Waals surface area contributed by atoms with Gasteiger partial charge in [-0.25, -0.2) is 0 Å². The molecule has 0 radical (unpaired) electrons. The summed E-state index contributed by atoms with van der Waals surface area (Å²) in [4.78, 5) is 0. The van der Waals surface area contributed by atoms with Gasteiger partial charge in [0.05, 0.1) is 6.54 Å². The molecule has 0 saturated heterocycles. The van der Waals surface area contributed by atoms with E-state index in [1.165, 1.54) is 5.56 Å². The summed E-state index contributed by atoms with van der Waals surface area (Å²) >= 11 is 3.56. The summed E-state index contributed by atoms with van der Waals surface area (Å²) in [5.41, 5.74) is 3.21. The van der Waals surface area contributed by atoms with Crippen molar-refractivity contribution >= 4 is 21.6 Å². The van der Waals surface area contributed by atoms with E-state index < -0.39 is 0 Å². The van der Waals surface area contributed by atoms with Crippen molar-refractivity contribution in [1.29, 1.82) is 0 Å². The molecule has 5 heteroatoms. The summed E-state index contributed by atoms with van der Waals surface area (Å²) in [6.07, 6.45) is 1.90. The normalized spacial score (nSPS) is 10.4. The predicted octanol–water partition coefficient (Wildman–Crippen LogP) is 2.50. The molecule has 1 aromatic carbocycles. The number of aromatic nitrogens is 3. The van der Waals surface area contributed by atoms with E-state index in [-0.39, 0.29) is 0 Å². The second-order valence-electron chi connectivity index (χ2n) is 3.67. The fourth-order valence-corrected chi connectivity index (χ4v) is 1.85. The Labute approximate surface area is 103 Å². The minimum atomic E-state index is 0.676. The van der Waals surface area contributed by atoms with Crippen molar-refractivity contribution in [3.05, 3.63) is 40.1 Å². The Kier molecular flexibility index (Phi) is 3.24. The standard InChI is InChI=1S/C11H13BrN4/c1-8-4-3-5-10(11(8)12)13-6-9-7-16(2)15-14-9/h3-5,7,13H,6H2,1-2H3. The average Bonchev–Trinajstić information content (AvgIpc) is 2.67. The summed E-state index contributed by atoms with van der Waals surface area (Å²) in [6, 6.07) is 6.13. The van der Waals surface area contributed by atoms with Crippen molar-refractivity contribution in [2.45, 2.75) is 13.5 Å². The Morgan fingerprint density at radius 3 is 2.94 bits per heavy atom. The number of rotatable bonds is 3. The Morgan fingerprint density at radius 1 is 1.44 bits per heavy atom. The quantitative estimate of drug-likeness (QED) is 0.940. The Morgan fingerprint density at radius 2 is 2.25 bits per heavy atom. The third-order valence-electron chi connectivity index (χ3n) is 2.30. The molecule has 16 heavy (non-hydrogen) atoms. The molecular formula is C11H13BrN4. The fraction of sp³-hybridized carbons (Fsp3) is 0.273. The maximum Gasteiger partial charge on any atom is 0.102 e. The van der Waals surface area contributed by atoms with Crippen molar-refractivity contribution in [2.24, 2.45) is 7.05 Å². The maximum atomic E-state index is 4.02. The van der Waals surface area contributed by atoms with E-state index in [0.29, 0.717) is 6.54 Å². The van der Waals surface area contributed by atoms with Crippen LogP contribution in [0.1, 0.15) is 11.3 Å². The molecule has 0 aliphatic carbocycles. The van der Waals surface area contributed by atoms with Gasteiger partial charge < -0.3 is 5.32 Å². The molecule has 4 nitrogen and oxygen atoms in total. The highest BCUT2D eigenvalue weighted by Crippen LogP contribution is 2.25. The SMILES string of the molecule is Cc1cccc(NCc2cn(C)nn2)c1Br. The van der Waals surface area contributed by atoms with E-state index in [1.807, 2.05) is 25.4 Å². The van der Waals surface area contributed by atoms with Gasteiger partial charge in [-0.2, -0.15) is 0 Å². The molecular weight excluding hydrogens is 268 g/mol. The van der Waals surface area contributed by atoms with Crippen LogP contribution in [-0.4, -0.2) is 15.0 Å². The number of aryl methyl sites for hydroxylation is 2. The lowest BCUT2D eigenvalue weighted by molar-refractivity contribution is 0.713. The van der Waals surface area contributed by atoms with Crippen LogP contribution in [0.25, 0.3) is 0 Å². The smallest absolute Gasteiger partial charge is 0.102 e. The van der Waals surface area contributed by atoms with E-state index >= 15 is 0 Å². The predicted molar refractivity (Wildman–Crippen MR) is 67.2 cm³/mol. The summed E-state index contributed by atoms with van der Waals surface area (Å²) in [5.74, 6) is 0. The molecule has 0 spiro atoms. The number of nitrogens with one attached hydrogen (secondary N) is 1. The first-order valence-electron chi connectivity index (χ1n) is 5.01. The first kappa shape index (κ1) is 11.1. The first-order chi connectivity index (χ1) is 7.66. The zero-order chi connectivity index (χ0) is 11.5. The molecule has 2 rings (SSSR count). The van der Waals surface area contributed by atoms with Crippen molar-refractivity contribution in [3.8, 4) is 0 Å². The molecule has 0 unspecified atom stereocenters. The van der Waals surface area contributed by atoms with Gasteiger partial charge in [0.1, 0.15) is 5.69 Å². The molecule has 0 fully saturated rings. The molecule has 1 aromatic heterocycles. The van der Waals surface area contributed by atoms with E-state index in [4.69, 9.17) is 0 Å². The Hall–Kier alpha value is -1.36. The van der Waals surface area contributed by atoms with E-state index in [0.717, 1.165) is 15.9 Å². The molecule has 84 valence electrons. The highest BCUT2D eigenvalue weighted by molar-refractivity contribution is 9.10. The molecule has 0 amide bonds. The fourth-order valence-electron chi connectivity index (χ4n) is 1.45. The lowest BCUT2D eigenvalue weighted by Gasteiger charge is -2.08. The molecule has 2 aromatic rings. The Balaban J connectivity index is 2.07. The number of hydrogen-bond donors (Lipinski definition) is 1. The minimum absolute atomic E-state index is 0.676. The van der Waals surface area contributed by atoms with Gasteiger partial charge in [0.15, 0.2) is 0 Å². The van der Waals surface area contributed by atoms with Gasteiger partial charge in [-0.3, -0.25) is 4.68 Å². The molecule has 0 atom stereocenters. The van der Waals surface area contributed by atoms with Crippen LogP contribution < -0.4 is 5.32 Å². The number of anilines is 1. The third kappa shape index (κ3) is 2.41. The van der Waals surface area contributed by atoms with E-state index in [2.05, 4.69) is 44.5 Å². The largest absolute Gasteiger partial charge is 0.378 e. The van der Waals surface area contributed by atoms with Crippen LogP contribution in [0.3, 0.4) is 0 Å². The van der Waals surface area contributed by atoms with Crippen LogP contribution in [0.15, 0.2) is 28.9 Å². The lowest BCUT2D eigenvalue weighted by Crippen LogP contribution is -2.00. The number of benzene rings is 1. The van der Waals surface area contributed by atoms with E-state index in [9.17, 15) is 0 Å². The summed E-state index contributed by atoms with van der Waals surface area (Å²) < 4.78 is 2.79. The zero-order valence-corrected chi connectivity index (χ0v) is 10.8. The van der Waals surface area contributed by atoms with Gasteiger partial charge >= 0.3 is 0 Å². The second-order valence-corrected chi connectivity index (χ2v) is 4.47. The Bertz CT molecular complexity index is 492. The summed E-state index contributed by atoms with van der Waals surface area (Å²) in [7, 11) is 1.86. The summed E-state index contributed by atoms with van der Waals surface area (Å²) in [6.45, 7) is 2.74. The summed E-state index contributed by atoms with van der Waals surface area (Å²) in [5, 5.41) is 11.2. The zero-order valence-electron chi connectivity index (χ0n) is 9.24. The highest BCUT2D eigenvalue weighted by atomic mass is 79.9. The van der Waals surface area contributed by atoms with Gasteiger partial charge in [0.25, 0.3) is 0 Å². The number of hydrogen-bond acceptors (Lipinski definition) is 3. The van der Waals surface area contributed by atoms with E-state index in [1.54, 1.807) is 4.68 Å². The van der Waals surface area contributed by atoms with Crippen LogP contribution in [0, 0.1) is 6.92 Å². The second kappa shape index (κ2) is 4.65. The molecule has 0 bridgehead atoms. The van der Waals surface area contributed by atoms with Gasteiger partial charge in [-0.05, 0) is 34.5 Å². The number of nitrogens with zero attached hydrogens (tertiary/aromatic N) is 3. The number of halogens is 1. The van der Waals surface area contributed by atoms with Crippen LogP contribution in [-0.2, 0) is 13.6 Å². The van der Waals surface area contributed by atoms with Crippen molar-refractivity contribution in [3.63, 3.8) is 0 Å². The lowest BCUT2D eigenvalue weighted by atomic mass is 10.2. The average molecular weight is 281 g/mol. The van der Waals surface area contributed by atoms with Crippen molar-refractivity contribution < 1.29 is 0 Å². The van der Waals surface area contributed by atoms with Gasteiger partial charge in [0.2, 0.25) is 0 Å². The monoisotopic (exact) mass is 280 g/mol. The van der Waals surface area contributed by atoms with Crippen LogP contribution in [0.2, 0.25) is 0 Å². The topological polar surface area (TPSA) is 42.7 Å². The molecule has 0 aliphatic heterocycles. The van der Waals surface area contributed by atoms with Crippen molar-refractivity contribution in [2.75, 3.05) is 5.32 Å². The minimum Gasteiger partial charge on any atom is -0.378 e. The van der Waals surface area contributed by atoms with Crippen LogP contribution >= 0.6 is 15.9 Å². The molecule has 1 N–H and O–H groups in total. The maximum absolute atomic E-state index is 4.02. The van der Waals surface area contributed by atoms with Crippen LogP contribution in [0.4, 0.5) is 5.69 Å². The third-order valence-corrected chi connectivity index (χ3v) is 3.35. The van der Waals surface area contributed by atoms with Crippen LogP contribution in [0.5, 0.6) is 0 Å². The van der Waals surface area contributed by atoms with Gasteiger partial charge in [-0.15, -0.1) is 5.10 Å². The first-order valence-corrected chi connectivity index (χ1v) is 5.80. The molecule has 0 aliphatic rings.